The van der Waals surface area contributed by atoms with Gasteiger partial charge in [-0.25, -0.2) is 0 Å². The molecule has 0 radical (unpaired) electrons. The molecule has 0 aliphatic rings. The predicted molar refractivity (Wildman–Crippen MR) is 68.7 cm³/mol. The zero-order chi connectivity index (χ0) is 13.2. The molecule has 17 heavy (non-hydrogen) atoms. The third kappa shape index (κ3) is 2.99. The fourth-order valence-electron chi connectivity index (χ4n) is 1.75. The second-order valence-electron chi connectivity index (χ2n) is 5.40. The Balaban J connectivity index is 2.95. The first-order chi connectivity index (χ1) is 7.75. The van der Waals surface area contributed by atoms with Crippen LogP contribution in [-0.4, -0.2) is 23.0 Å². The van der Waals surface area contributed by atoms with Crippen molar-refractivity contribution < 1.29 is 9.90 Å². The van der Waals surface area contributed by atoms with Gasteiger partial charge in [-0.15, -0.1) is 0 Å². The van der Waals surface area contributed by atoms with Crippen LogP contribution in [0.1, 0.15) is 39.3 Å². The maximum absolute atomic E-state index is 12.1. The Morgan fingerprint density at radius 2 is 1.82 bits per heavy atom. The van der Waals surface area contributed by atoms with E-state index in [0.717, 1.165) is 5.56 Å². The van der Waals surface area contributed by atoms with E-state index in [1.807, 2.05) is 39.8 Å². The van der Waals surface area contributed by atoms with Gasteiger partial charge in [0.25, 0.3) is 0 Å². The van der Waals surface area contributed by atoms with Crippen LogP contribution in [0.4, 0.5) is 0 Å². The highest BCUT2D eigenvalue weighted by Gasteiger charge is 2.28. The monoisotopic (exact) mass is 235 g/mol. The van der Waals surface area contributed by atoms with Crippen molar-refractivity contribution in [1.82, 2.24) is 4.90 Å². The van der Waals surface area contributed by atoms with Crippen molar-refractivity contribution in [2.75, 3.05) is 7.05 Å². The zero-order valence-corrected chi connectivity index (χ0v) is 11.2. The molecule has 1 N–H and O–H groups in total. The molecule has 94 valence electrons. The molecular weight excluding hydrogens is 214 g/mol. The number of carbonyl (C=O) groups is 1. The number of phenolic OH excluding ortho intramolecular Hbond substituents is 1. The van der Waals surface area contributed by atoms with Crippen molar-refractivity contribution in [1.29, 1.82) is 0 Å². The molecule has 1 amide bonds. The number of hydrogen-bond acceptors (Lipinski definition) is 2. The fourth-order valence-corrected chi connectivity index (χ4v) is 1.75. The van der Waals surface area contributed by atoms with E-state index in [1.54, 1.807) is 24.1 Å². The molecule has 1 aromatic rings. The molecule has 0 aliphatic heterocycles. The van der Waals surface area contributed by atoms with Crippen LogP contribution in [0.15, 0.2) is 24.3 Å². The maximum atomic E-state index is 12.1. The van der Waals surface area contributed by atoms with Crippen molar-refractivity contribution in [2.45, 2.75) is 33.7 Å². The number of aromatic hydroxyl groups is 1. The van der Waals surface area contributed by atoms with Crippen molar-refractivity contribution in [3.8, 4) is 5.75 Å². The lowest BCUT2D eigenvalue weighted by Crippen LogP contribution is -2.38. The van der Waals surface area contributed by atoms with Crippen molar-refractivity contribution >= 4 is 5.91 Å². The van der Waals surface area contributed by atoms with Crippen LogP contribution < -0.4 is 0 Å². The first kappa shape index (κ1) is 13.6. The van der Waals surface area contributed by atoms with Gasteiger partial charge in [0.2, 0.25) is 5.91 Å². The summed E-state index contributed by atoms with van der Waals surface area (Å²) in [7, 11) is 1.77. The number of benzene rings is 1. The largest absolute Gasteiger partial charge is 0.508 e. The second kappa shape index (κ2) is 4.78. The van der Waals surface area contributed by atoms with E-state index in [0.29, 0.717) is 0 Å². The molecule has 1 atom stereocenters. The Bertz CT molecular complexity index is 407. The van der Waals surface area contributed by atoms with Crippen LogP contribution in [-0.2, 0) is 4.79 Å². The Kier molecular flexibility index (Phi) is 3.81. The minimum Gasteiger partial charge on any atom is -0.508 e. The second-order valence-corrected chi connectivity index (χ2v) is 5.40. The smallest absolute Gasteiger partial charge is 0.228 e. The molecule has 0 aromatic heterocycles. The number of phenols is 1. The van der Waals surface area contributed by atoms with Gasteiger partial charge in [0.05, 0.1) is 6.04 Å². The van der Waals surface area contributed by atoms with E-state index in [2.05, 4.69) is 0 Å². The van der Waals surface area contributed by atoms with Gasteiger partial charge in [0, 0.05) is 18.0 Å². The van der Waals surface area contributed by atoms with E-state index in [4.69, 9.17) is 0 Å². The van der Waals surface area contributed by atoms with E-state index in [-0.39, 0.29) is 17.7 Å². The standard InChI is InChI=1S/C14H21NO2/c1-10(11-8-6-7-9-12(11)16)15(5)13(17)14(2,3)4/h6-10,16H,1-5H3. The lowest BCUT2D eigenvalue weighted by molar-refractivity contribution is -0.140. The third-order valence-corrected chi connectivity index (χ3v) is 2.93. The molecule has 1 rings (SSSR count). The molecule has 0 saturated carbocycles. The maximum Gasteiger partial charge on any atom is 0.228 e. The predicted octanol–water partition coefficient (Wildman–Crippen LogP) is 2.96. The van der Waals surface area contributed by atoms with E-state index in [9.17, 15) is 9.90 Å². The van der Waals surface area contributed by atoms with Gasteiger partial charge in [-0.05, 0) is 13.0 Å². The number of amides is 1. The molecule has 0 spiro atoms. The lowest BCUT2D eigenvalue weighted by Gasteiger charge is -2.31. The molecule has 1 aromatic carbocycles. The van der Waals surface area contributed by atoms with Crippen LogP contribution >= 0.6 is 0 Å². The molecule has 3 heteroatoms. The molecule has 0 saturated heterocycles. The summed E-state index contributed by atoms with van der Waals surface area (Å²) in [4.78, 5) is 13.8. The van der Waals surface area contributed by atoms with Crippen molar-refractivity contribution in [3.63, 3.8) is 0 Å². The summed E-state index contributed by atoms with van der Waals surface area (Å²) in [5.74, 6) is 0.293. The van der Waals surface area contributed by atoms with Gasteiger partial charge in [0.15, 0.2) is 0 Å². The highest BCUT2D eigenvalue weighted by atomic mass is 16.3. The average Bonchev–Trinajstić information content (AvgIpc) is 2.25. The number of carbonyl (C=O) groups excluding carboxylic acids is 1. The molecule has 1 unspecified atom stereocenters. The van der Waals surface area contributed by atoms with E-state index < -0.39 is 5.41 Å². The zero-order valence-electron chi connectivity index (χ0n) is 11.2. The van der Waals surface area contributed by atoms with Gasteiger partial charge in [-0.2, -0.15) is 0 Å². The highest BCUT2D eigenvalue weighted by molar-refractivity contribution is 5.81. The first-order valence-corrected chi connectivity index (χ1v) is 5.80. The Morgan fingerprint density at radius 1 is 1.29 bits per heavy atom. The van der Waals surface area contributed by atoms with Crippen LogP contribution in [0.2, 0.25) is 0 Å². The molecule has 0 bridgehead atoms. The average molecular weight is 235 g/mol. The van der Waals surface area contributed by atoms with Gasteiger partial charge in [-0.1, -0.05) is 39.0 Å². The molecule has 0 heterocycles. The Labute approximate surface area is 103 Å². The van der Waals surface area contributed by atoms with Crippen LogP contribution in [0.25, 0.3) is 0 Å². The summed E-state index contributed by atoms with van der Waals surface area (Å²) >= 11 is 0. The third-order valence-electron chi connectivity index (χ3n) is 2.93. The van der Waals surface area contributed by atoms with Crippen molar-refractivity contribution in [3.05, 3.63) is 29.8 Å². The number of rotatable bonds is 2. The van der Waals surface area contributed by atoms with Crippen LogP contribution in [0.3, 0.4) is 0 Å². The van der Waals surface area contributed by atoms with Crippen LogP contribution in [0, 0.1) is 5.41 Å². The van der Waals surface area contributed by atoms with Gasteiger partial charge in [-0.3, -0.25) is 4.79 Å². The van der Waals surface area contributed by atoms with Crippen molar-refractivity contribution in [2.24, 2.45) is 5.41 Å². The normalized spacial score (nSPS) is 13.2. The highest BCUT2D eigenvalue weighted by Crippen LogP contribution is 2.29. The number of para-hydroxylation sites is 1. The summed E-state index contributed by atoms with van der Waals surface area (Å²) in [5, 5.41) is 9.78. The van der Waals surface area contributed by atoms with Gasteiger partial charge < -0.3 is 10.0 Å². The summed E-state index contributed by atoms with van der Waals surface area (Å²) in [6.07, 6.45) is 0. The first-order valence-electron chi connectivity index (χ1n) is 5.80. The quantitative estimate of drug-likeness (QED) is 0.856. The SMILES string of the molecule is CC(c1ccccc1O)N(C)C(=O)C(C)(C)C. The molecule has 0 aliphatic carbocycles. The summed E-state index contributed by atoms with van der Waals surface area (Å²) in [5.41, 5.74) is 0.362. The fraction of sp³-hybridized carbons (Fsp3) is 0.500. The number of hydrogen-bond donors (Lipinski definition) is 1. The summed E-state index contributed by atoms with van der Waals surface area (Å²) < 4.78 is 0. The Hall–Kier alpha value is -1.51. The van der Waals surface area contributed by atoms with Gasteiger partial charge >= 0.3 is 0 Å². The van der Waals surface area contributed by atoms with Gasteiger partial charge in [0.1, 0.15) is 5.75 Å². The van der Waals surface area contributed by atoms with E-state index in [1.165, 1.54) is 0 Å². The number of nitrogens with zero attached hydrogens (tertiary/aromatic N) is 1. The summed E-state index contributed by atoms with van der Waals surface area (Å²) in [6.45, 7) is 7.59. The molecular formula is C14H21NO2. The molecule has 0 fully saturated rings. The minimum atomic E-state index is -0.409. The topological polar surface area (TPSA) is 40.5 Å². The lowest BCUT2D eigenvalue weighted by atomic mass is 9.93. The Morgan fingerprint density at radius 3 is 2.29 bits per heavy atom. The van der Waals surface area contributed by atoms with Crippen LogP contribution in [0.5, 0.6) is 5.75 Å². The molecule has 3 nitrogen and oxygen atoms in total. The summed E-state index contributed by atoms with van der Waals surface area (Å²) in [6, 6.07) is 6.98. The minimum absolute atomic E-state index is 0.0632. The van der Waals surface area contributed by atoms with E-state index >= 15 is 0 Å².